The first-order chi connectivity index (χ1) is 8.65. The molecule has 0 aliphatic carbocycles. The highest BCUT2D eigenvalue weighted by Crippen LogP contribution is 2.22. The van der Waals surface area contributed by atoms with Crippen LogP contribution in [0.3, 0.4) is 0 Å². The van der Waals surface area contributed by atoms with E-state index in [-0.39, 0.29) is 23.5 Å². The van der Waals surface area contributed by atoms with Crippen molar-refractivity contribution in [3.63, 3.8) is 0 Å². The van der Waals surface area contributed by atoms with Crippen molar-refractivity contribution >= 4 is 28.6 Å². The first kappa shape index (κ1) is 12.6. The maximum absolute atomic E-state index is 11.9. The molecular formula is C12H11ClN2O3. The molecule has 0 saturated heterocycles. The van der Waals surface area contributed by atoms with Crippen molar-refractivity contribution in [3.8, 4) is 0 Å². The number of halogens is 1. The van der Waals surface area contributed by atoms with Gasteiger partial charge in [0.25, 0.3) is 11.8 Å². The molecule has 5 nitrogen and oxygen atoms in total. The van der Waals surface area contributed by atoms with Crippen molar-refractivity contribution in [1.82, 2.24) is 4.90 Å². The largest absolute Gasteiger partial charge is 0.410 e. The summed E-state index contributed by atoms with van der Waals surface area (Å²) >= 11 is 5.52. The molecule has 0 atom stereocenters. The Morgan fingerprint density at radius 2 is 1.78 bits per heavy atom. The number of nitrogens with zero attached hydrogens (tertiary/aromatic N) is 2. The van der Waals surface area contributed by atoms with Crippen LogP contribution in [0.5, 0.6) is 0 Å². The molecule has 1 heterocycles. The molecule has 0 aromatic heterocycles. The van der Waals surface area contributed by atoms with Crippen LogP contribution in [0.15, 0.2) is 29.4 Å². The summed E-state index contributed by atoms with van der Waals surface area (Å²) in [4.78, 5) is 25.1. The Labute approximate surface area is 109 Å². The molecule has 1 aromatic carbocycles. The van der Waals surface area contributed by atoms with Crippen LogP contribution in [0.2, 0.25) is 0 Å². The first-order valence-corrected chi connectivity index (χ1v) is 5.84. The van der Waals surface area contributed by atoms with E-state index in [1.807, 2.05) is 0 Å². The minimum absolute atomic E-state index is 0.0617. The minimum atomic E-state index is -0.285. The molecule has 94 valence electrons. The normalized spacial score (nSPS) is 15.2. The lowest BCUT2D eigenvalue weighted by molar-refractivity contribution is 0.0653. The van der Waals surface area contributed by atoms with Crippen LogP contribution in [-0.4, -0.2) is 33.6 Å². The first-order valence-electron chi connectivity index (χ1n) is 5.47. The molecule has 0 radical (unpaired) electrons. The Balaban J connectivity index is 2.05. The van der Waals surface area contributed by atoms with E-state index in [0.717, 1.165) is 0 Å². The average molecular weight is 267 g/mol. The van der Waals surface area contributed by atoms with E-state index in [1.165, 1.54) is 4.90 Å². The third-order valence-electron chi connectivity index (χ3n) is 2.75. The summed E-state index contributed by atoms with van der Waals surface area (Å²) in [5, 5.41) is 11.3. The number of hydrogen-bond donors (Lipinski definition) is 1. The number of hydrogen-bond acceptors (Lipinski definition) is 4. The number of fused-ring (bicyclic) bond motifs is 1. The van der Waals surface area contributed by atoms with E-state index in [2.05, 4.69) is 5.16 Å². The number of imide groups is 1. The summed E-state index contributed by atoms with van der Waals surface area (Å²) in [6, 6.07) is 6.72. The Kier molecular flexibility index (Phi) is 3.62. The second-order valence-electron chi connectivity index (χ2n) is 3.89. The van der Waals surface area contributed by atoms with Gasteiger partial charge in [-0.1, -0.05) is 28.9 Å². The molecule has 1 aliphatic heterocycles. The Hall–Kier alpha value is -1.88. The fraction of sp³-hybridized carbons (Fsp3) is 0.250. The zero-order valence-corrected chi connectivity index (χ0v) is 10.2. The molecular weight excluding hydrogens is 256 g/mol. The topological polar surface area (TPSA) is 70.0 Å². The van der Waals surface area contributed by atoms with Gasteiger partial charge in [-0.05, 0) is 18.6 Å². The molecule has 1 aliphatic rings. The SMILES string of the molecule is O=C1c2ccccc2C(=O)N1CCCC(Cl)=NO. The zero-order valence-electron chi connectivity index (χ0n) is 9.47. The standard InChI is InChI=1S/C12H11ClN2O3/c13-10(14-18)6-3-7-15-11(16)8-4-1-2-5-9(8)12(15)17/h1-2,4-5,18H,3,6-7H2. The van der Waals surface area contributed by atoms with Crippen molar-refractivity contribution < 1.29 is 14.8 Å². The van der Waals surface area contributed by atoms with E-state index in [4.69, 9.17) is 16.8 Å². The molecule has 18 heavy (non-hydrogen) atoms. The molecule has 0 unspecified atom stereocenters. The average Bonchev–Trinajstić information content (AvgIpc) is 2.64. The summed E-state index contributed by atoms with van der Waals surface area (Å²) in [5.41, 5.74) is 0.869. The molecule has 2 rings (SSSR count). The van der Waals surface area contributed by atoms with Gasteiger partial charge in [0.2, 0.25) is 0 Å². The van der Waals surface area contributed by atoms with Crippen molar-refractivity contribution in [3.05, 3.63) is 35.4 Å². The van der Waals surface area contributed by atoms with Gasteiger partial charge in [0.1, 0.15) is 5.17 Å². The van der Waals surface area contributed by atoms with Gasteiger partial charge in [-0.2, -0.15) is 0 Å². The fourth-order valence-corrected chi connectivity index (χ4v) is 2.01. The highest BCUT2D eigenvalue weighted by Gasteiger charge is 2.34. The third kappa shape index (κ3) is 2.22. The smallest absolute Gasteiger partial charge is 0.261 e. The van der Waals surface area contributed by atoms with Crippen LogP contribution in [-0.2, 0) is 0 Å². The molecule has 6 heteroatoms. The molecule has 1 aromatic rings. The predicted octanol–water partition coefficient (Wildman–Crippen LogP) is 2.09. The molecule has 1 N–H and O–H groups in total. The summed E-state index contributed by atoms with van der Waals surface area (Å²) in [6.07, 6.45) is 0.791. The highest BCUT2D eigenvalue weighted by atomic mass is 35.5. The van der Waals surface area contributed by atoms with E-state index in [0.29, 0.717) is 24.0 Å². The summed E-state index contributed by atoms with van der Waals surface area (Å²) in [7, 11) is 0. The van der Waals surface area contributed by atoms with Crippen LogP contribution in [0, 0.1) is 0 Å². The molecule has 0 bridgehead atoms. The van der Waals surface area contributed by atoms with Crippen LogP contribution in [0.1, 0.15) is 33.6 Å². The number of oxime groups is 1. The number of rotatable bonds is 4. The summed E-state index contributed by atoms with van der Waals surface area (Å²) in [6.45, 7) is 0.262. The van der Waals surface area contributed by atoms with E-state index in [1.54, 1.807) is 24.3 Å². The lowest BCUT2D eigenvalue weighted by Gasteiger charge is -2.12. The lowest BCUT2D eigenvalue weighted by atomic mass is 10.1. The van der Waals surface area contributed by atoms with Crippen molar-refractivity contribution in [2.75, 3.05) is 6.54 Å². The summed E-state index contributed by atoms with van der Waals surface area (Å²) in [5.74, 6) is -0.569. The van der Waals surface area contributed by atoms with E-state index >= 15 is 0 Å². The number of benzene rings is 1. The highest BCUT2D eigenvalue weighted by molar-refractivity contribution is 6.65. The van der Waals surface area contributed by atoms with E-state index < -0.39 is 0 Å². The van der Waals surface area contributed by atoms with Crippen LogP contribution in [0.4, 0.5) is 0 Å². The second kappa shape index (κ2) is 5.18. The monoisotopic (exact) mass is 266 g/mol. The quantitative estimate of drug-likeness (QED) is 0.393. The van der Waals surface area contributed by atoms with Crippen molar-refractivity contribution in [1.29, 1.82) is 0 Å². The van der Waals surface area contributed by atoms with Gasteiger partial charge in [0.05, 0.1) is 11.1 Å². The van der Waals surface area contributed by atoms with Gasteiger partial charge < -0.3 is 5.21 Å². The Morgan fingerprint density at radius 3 is 2.28 bits per heavy atom. The third-order valence-corrected chi connectivity index (χ3v) is 3.02. The second-order valence-corrected chi connectivity index (χ2v) is 4.32. The maximum atomic E-state index is 11.9. The van der Waals surface area contributed by atoms with Crippen LogP contribution < -0.4 is 0 Å². The van der Waals surface area contributed by atoms with Gasteiger partial charge in [0.15, 0.2) is 0 Å². The minimum Gasteiger partial charge on any atom is -0.410 e. The fourth-order valence-electron chi connectivity index (χ4n) is 1.88. The van der Waals surface area contributed by atoms with Crippen molar-refractivity contribution in [2.24, 2.45) is 5.16 Å². The van der Waals surface area contributed by atoms with Crippen LogP contribution >= 0.6 is 11.6 Å². The van der Waals surface area contributed by atoms with Gasteiger partial charge in [-0.3, -0.25) is 14.5 Å². The number of carbonyl (C=O) groups is 2. The van der Waals surface area contributed by atoms with E-state index in [9.17, 15) is 9.59 Å². The molecule has 0 saturated carbocycles. The number of amides is 2. The Bertz CT molecular complexity index is 493. The zero-order chi connectivity index (χ0) is 13.1. The molecule has 2 amide bonds. The van der Waals surface area contributed by atoms with Gasteiger partial charge in [-0.25, -0.2) is 0 Å². The van der Waals surface area contributed by atoms with Gasteiger partial charge >= 0.3 is 0 Å². The lowest BCUT2D eigenvalue weighted by Crippen LogP contribution is -2.30. The van der Waals surface area contributed by atoms with Crippen LogP contribution in [0.25, 0.3) is 0 Å². The van der Waals surface area contributed by atoms with Gasteiger partial charge in [-0.15, -0.1) is 0 Å². The van der Waals surface area contributed by atoms with Crippen molar-refractivity contribution in [2.45, 2.75) is 12.8 Å². The number of carbonyl (C=O) groups excluding carboxylic acids is 2. The molecule has 0 fully saturated rings. The maximum Gasteiger partial charge on any atom is 0.261 e. The molecule has 0 spiro atoms. The predicted molar refractivity (Wildman–Crippen MR) is 66.1 cm³/mol. The summed E-state index contributed by atoms with van der Waals surface area (Å²) < 4.78 is 0. The Morgan fingerprint density at radius 1 is 1.22 bits per heavy atom. The van der Waals surface area contributed by atoms with Gasteiger partial charge in [0, 0.05) is 13.0 Å².